The third-order valence-electron chi connectivity index (χ3n) is 4.95. The molecule has 1 atom stereocenters. The molecule has 1 unspecified atom stereocenters. The fourth-order valence-corrected chi connectivity index (χ4v) is 3.68. The summed E-state index contributed by atoms with van der Waals surface area (Å²) in [5, 5.41) is 4.93. The smallest absolute Gasteiger partial charge is 0.356 e. The number of imidazole rings is 1. The fraction of sp³-hybridized carbons (Fsp3) is 0.625. The van der Waals surface area contributed by atoms with E-state index in [1.165, 1.54) is 4.90 Å². The number of hydrogen-bond donors (Lipinski definition) is 2. The largest absolute Gasteiger partial charge is 0.406 e. The number of likely N-dealkylation sites (tertiary alicyclic amines) is 1. The molecule has 3 heterocycles. The number of amides is 3. The second-order valence-corrected chi connectivity index (χ2v) is 6.92. The van der Waals surface area contributed by atoms with Gasteiger partial charge < -0.3 is 14.8 Å². The van der Waals surface area contributed by atoms with Gasteiger partial charge in [-0.15, -0.1) is 0 Å². The van der Waals surface area contributed by atoms with E-state index >= 15 is 0 Å². The van der Waals surface area contributed by atoms with Crippen LogP contribution in [0.3, 0.4) is 0 Å². The van der Waals surface area contributed by atoms with E-state index in [2.05, 4.69) is 15.6 Å². The van der Waals surface area contributed by atoms with Crippen molar-refractivity contribution >= 4 is 23.7 Å². The molecule has 27 heavy (non-hydrogen) atoms. The van der Waals surface area contributed by atoms with Gasteiger partial charge in [-0.3, -0.25) is 19.7 Å². The number of nitrogens with zero attached hydrogens (tertiary/aromatic N) is 3. The van der Waals surface area contributed by atoms with Crippen LogP contribution < -0.4 is 10.6 Å². The number of piperidine rings is 2. The molecular formula is C16H20F3N5O3. The molecular weight excluding hydrogens is 367 g/mol. The zero-order valence-corrected chi connectivity index (χ0v) is 14.5. The Bertz CT molecular complexity index is 744. The lowest BCUT2D eigenvalue weighted by molar-refractivity contribution is -0.149. The predicted octanol–water partition coefficient (Wildman–Crippen LogP) is 0.903. The molecule has 8 nitrogen and oxygen atoms in total. The van der Waals surface area contributed by atoms with E-state index in [0.717, 1.165) is 18.8 Å². The van der Waals surface area contributed by atoms with Crippen LogP contribution in [-0.2, 0) is 20.9 Å². The highest BCUT2D eigenvalue weighted by atomic mass is 19.4. The molecule has 0 aliphatic carbocycles. The monoisotopic (exact) mass is 387 g/mol. The number of halogens is 3. The molecule has 2 saturated heterocycles. The normalized spacial score (nSPS) is 23.2. The predicted molar refractivity (Wildman–Crippen MR) is 87.4 cm³/mol. The minimum atomic E-state index is -4.49. The molecule has 1 spiro atoms. The van der Waals surface area contributed by atoms with E-state index in [1.807, 2.05) is 0 Å². The summed E-state index contributed by atoms with van der Waals surface area (Å²) in [4.78, 5) is 41.9. The van der Waals surface area contributed by atoms with Gasteiger partial charge in [-0.05, 0) is 25.7 Å². The highest BCUT2D eigenvalue weighted by molar-refractivity contribution is 6.39. The Kier molecular flexibility index (Phi) is 5.11. The molecule has 1 aromatic heterocycles. The van der Waals surface area contributed by atoms with Crippen LogP contribution in [0.2, 0.25) is 0 Å². The van der Waals surface area contributed by atoms with Gasteiger partial charge in [0.1, 0.15) is 6.54 Å². The first kappa shape index (κ1) is 19.2. The Morgan fingerprint density at radius 2 is 2.04 bits per heavy atom. The highest BCUT2D eigenvalue weighted by Gasteiger charge is 2.45. The van der Waals surface area contributed by atoms with Gasteiger partial charge in [0.15, 0.2) is 0 Å². The lowest BCUT2D eigenvalue weighted by Gasteiger charge is -2.43. The van der Waals surface area contributed by atoms with Crippen molar-refractivity contribution in [3.05, 3.63) is 12.4 Å². The second kappa shape index (κ2) is 7.20. The van der Waals surface area contributed by atoms with Crippen LogP contribution in [-0.4, -0.2) is 58.0 Å². The Balaban J connectivity index is 1.66. The summed E-state index contributed by atoms with van der Waals surface area (Å²) in [5.41, 5.74) is -0.693. The topological polar surface area (TPSA) is 96.3 Å². The quantitative estimate of drug-likeness (QED) is 0.737. The van der Waals surface area contributed by atoms with Gasteiger partial charge in [-0.1, -0.05) is 0 Å². The van der Waals surface area contributed by atoms with Crippen molar-refractivity contribution in [1.82, 2.24) is 19.8 Å². The average Bonchev–Trinajstić information content (AvgIpc) is 3.02. The van der Waals surface area contributed by atoms with Crippen molar-refractivity contribution in [2.24, 2.45) is 5.41 Å². The van der Waals surface area contributed by atoms with E-state index < -0.39 is 30.0 Å². The molecule has 0 bridgehead atoms. The fourth-order valence-electron chi connectivity index (χ4n) is 3.68. The molecule has 11 heteroatoms. The van der Waals surface area contributed by atoms with Gasteiger partial charge in [0.05, 0.1) is 5.41 Å². The first-order chi connectivity index (χ1) is 12.7. The van der Waals surface area contributed by atoms with Gasteiger partial charge in [-0.2, -0.15) is 13.2 Å². The molecule has 2 aliphatic rings. The SMILES string of the molecule is O=C(Nc1nccn1CC(F)(F)F)C(=O)N1CCCC2(CCCNC2=O)C1. The van der Waals surface area contributed by atoms with Gasteiger partial charge >= 0.3 is 18.0 Å². The first-order valence-corrected chi connectivity index (χ1v) is 8.67. The van der Waals surface area contributed by atoms with Crippen LogP contribution in [0.25, 0.3) is 0 Å². The number of aromatic nitrogens is 2. The maximum Gasteiger partial charge on any atom is 0.406 e. The molecule has 0 saturated carbocycles. The van der Waals surface area contributed by atoms with Crippen LogP contribution in [0.1, 0.15) is 25.7 Å². The number of hydrogen-bond acceptors (Lipinski definition) is 4. The number of anilines is 1. The summed E-state index contributed by atoms with van der Waals surface area (Å²) in [5.74, 6) is -2.42. The standard InChI is InChI=1S/C16H20F3N5O3/c17-16(18,19)10-24-8-6-21-14(24)22-11(25)12(26)23-7-2-4-15(9-23)3-1-5-20-13(15)27/h6,8H,1-5,7,9-10H2,(H,20,27)(H,21,22,25). The minimum Gasteiger partial charge on any atom is -0.356 e. The molecule has 0 radical (unpaired) electrons. The lowest BCUT2D eigenvalue weighted by Crippen LogP contribution is -2.57. The molecule has 148 valence electrons. The van der Waals surface area contributed by atoms with Crippen molar-refractivity contribution in [3.8, 4) is 0 Å². The van der Waals surface area contributed by atoms with E-state index in [9.17, 15) is 27.6 Å². The number of alkyl halides is 3. The molecule has 2 aliphatic heterocycles. The van der Waals surface area contributed by atoms with Crippen molar-refractivity contribution in [2.75, 3.05) is 25.0 Å². The van der Waals surface area contributed by atoms with Crippen molar-refractivity contribution in [1.29, 1.82) is 0 Å². The van der Waals surface area contributed by atoms with Crippen molar-refractivity contribution < 1.29 is 27.6 Å². The Morgan fingerprint density at radius 1 is 1.30 bits per heavy atom. The van der Waals surface area contributed by atoms with E-state index in [4.69, 9.17) is 0 Å². The molecule has 2 N–H and O–H groups in total. The van der Waals surface area contributed by atoms with Crippen molar-refractivity contribution in [2.45, 2.75) is 38.4 Å². The van der Waals surface area contributed by atoms with Crippen LogP contribution in [0.5, 0.6) is 0 Å². The maximum absolute atomic E-state index is 12.6. The number of nitrogens with one attached hydrogen (secondary N) is 2. The van der Waals surface area contributed by atoms with Gasteiger partial charge in [-0.25, -0.2) is 4.98 Å². The van der Waals surface area contributed by atoms with Crippen LogP contribution in [0.15, 0.2) is 12.4 Å². The maximum atomic E-state index is 12.6. The summed E-state index contributed by atoms with van der Waals surface area (Å²) in [6, 6.07) is 0. The number of carbonyl (C=O) groups excluding carboxylic acids is 3. The minimum absolute atomic E-state index is 0.118. The third kappa shape index (κ3) is 4.22. The van der Waals surface area contributed by atoms with Gasteiger partial charge in [0.25, 0.3) is 0 Å². The second-order valence-electron chi connectivity index (χ2n) is 6.92. The summed E-state index contributed by atoms with van der Waals surface area (Å²) in [6.07, 6.45) is 0.339. The average molecular weight is 387 g/mol. The first-order valence-electron chi connectivity index (χ1n) is 8.67. The Hall–Kier alpha value is -2.59. The van der Waals surface area contributed by atoms with Gasteiger partial charge in [0.2, 0.25) is 11.9 Å². The zero-order chi connectivity index (χ0) is 19.7. The van der Waals surface area contributed by atoms with Gasteiger partial charge in [0, 0.05) is 32.0 Å². The zero-order valence-electron chi connectivity index (χ0n) is 14.5. The molecule has 3 amide bonds. The van der Waals surface area contributed by atoms with E-state index in [0.29, 0.717) is 36.9 Å². The van der Waals surface area contributed by atoms with E-state index in [-0.39, 0.29) is 18.4 Å². The molecule has 1 aromatic rings. The Morgan fingerprint density at radius 3 is 2.74 bits per heavy atom. The third-order valence-corrected chi connectivity index (χ3v) is 4.95. The van der Waals surface area contributed by atoms with Crippen molar-refractivity contribution in [3.63, 3.8) is 0 Å². The van der Waals surface area contributed by atoms with Crippen LogP contribution in [0.4, 0.5) is 19.1 Å². The number of carbonyl (C=O) groups is 3. The van der Waals surface area contributed by atoms with E-state index in [1.54, 1.807) is 0 Å². The summed E-state index contributed by atoms with van der Waals surface area (Å²) < 4.78 is 38.4. The highest BCUT2D eigenvalue weighted by Crippen LogP contribution is 2.36. The molecule has 3 rings (SSSR count). The summed E-state index contributed by atoms with van der Waals surface area (Å²) in [7, 11) is 0. The molecule has 2 fully saturated rings. The lowest BCUT2D eigenvalue weighted by atomic mass is 9.73. The Labute approximate surface area is 153 Å². The summed E-state index contributed by atoms with van der Waals surface area (Å²) >= 11 is 0. The number of rotatable bonds is 2. The molecule has 0 aromatic carbocycles. The summed E-state index contributed by atoms with van der Waals surface area (Å²) in [6.45, 7) is -0.291. The van der Waals surface area contributed by atoms with Crippen LogP contribution >= 0.6 is 0 Å². The van der Waals surface area contributed by atoms with Crippen LogP contribution in [0, 0.1) is 5.41 Å².